The molecule has 0 bridgehead atoms. The Balaban J connectivity index is 2.61. The van der Waals surface area contributed by atoms with Crippen LogP contribution in [0.3, 0.4) is 0 Å². The Morgan fingerprint density at radius 1 is 1.56 bits per heavy atom. The Hall–Kier alpha value is -1.29. The lowest BCUT2D eigenvalue weighted by atomic mass is 10.0. The molecule has 0 saturated heterocycles. The number of rotatable bonds is 5. The van der Waals surface area contributed by atoms with Crippen molar-refractivity contribution in [3.05, 3.63) is 23.7 Å². The van der Waals surface area contributed by atoms with E-state index in [0.29, 0.717) is 23.7 Å². The molecule has 1 unspecified atom stereocenters. The smallest absolute Gasteiger partial charge is 0.254 e. The van der Waals surface area contributed by atoms with Gasteiger partial charge in [0.15, 0.2) is 0 Å². The second kappa shape index (κ2) is 5.70. The second-order valence-corrected chi connectivity index (χ2v) is 4.28. The van der Waals surface area contributed by atoms with E-state index in [4.69, 9.17) is 9.52 Å². The molecule has 0 radical (unpaired) electrons. The molecule has 1 rings (SSSR count). The average Bonchev–Trinajstić information content (AvgIpc) is 2.64. The van der Waals surface area contributed by atoms with E-state index < -0.39 is 0 Å². The van der Waals surface area contributed by atoms with Gasteiger partial charge in [0, 0.05) is 12.6 Å². The zero-order chi connectivity index (χ0) is 12.1. The molecule has 1 amide bonds. The first-order chi connectivity index (χ1) is 7.54. The van der Waals surface area contributed by atoms with Gasteiger partial charge in [-0.15, -0.1) is 0 Å². The van der Waals surface area contributed by atoms with Crippen LogP contribution in [0, 0.1) is 12.8 Å². The van der Waals surface area contributed by atoms with Crippen LogP contribution >= 0.6 is 0 Å². The third-order valence-corrected chi connectivity index (χ3v) is 2.55. The largest absolute Gasteiger partial charge is 0.469 e. The SMILES string of the molecule is Cc1cc(C(=O)NC(CCO)C(C)C)co1. The zero-order valence-corrected chi connectivity index (χ0v) is 9.99. The molecule has 90 valence electrons. The molecule has 0 aliphatic heterocycles. The number of aryl methyl sites for hydroxylation is 1. The molecule has 4 heteroatoms. The zero-order valence-electron chi connectivity index (χ0n) is 9.99. The topological polar surface area (TPSA) is 62.5 Å². The highest BCUT2D eigenvalue weighted by Crippen LogP contribution is 2.10. The van der Waals surface area contributed by atoms with Crippen LogP contribution in [-0.2, 0) is 0 Å². The van der Waals surface area contributed by atoms with Gasteiger partial charge < -0.3 is 14.8 Å². The highest BCUT2D eigenvalue weighted by Gasteiger charge is 2.17. The lowest BCUT2D eigenvalue weighted by Gasteiger charge is -2.20. The van der Waals surface area contributed by atoms with Crippen molar-refractivity contribution in [2.24, 2.45) is 5.92 Å². The number of carbonyl (C=O) groups excluding carboxylic acids is 1. The monoisotopic (exact) mass is 225 g/mol. The molecule has 0 aromatic carbocycles. The van der Waals surface area contributed by atoms with E-state index in [1.165, 1.54) is 6.26 Å². The van der Waals surface area contributed by atoms with Gasteiger partial charge in [-0.2, -0.15) is 0 Å². The molecule has 0 saturated carbocycles. The standard InChI is InChI=1S/C12H19NO3/c1-8(2)11(4-5-14)13-12(15)10-6-9(3)16-7-10/h6-8,11,14H,4-5H2,1-3H3,(H,13,15). The number of hydrogen-bond acceptors (Lipinski definition) is 3. The predicted molar refractivity (Wildman–Crippen MR) is 61.2 cm³/mol. The van der Waals surface area contributed by atoms with Gasteiger partial charge in [-0.25, -0.2) is 0 Å². The Bertz CT molecular complexity index is 344. The first-order valence-corrected chi connectivity index (χ1v) is 5.51. The summed E-state index contributed by atoms with van der Waals surface area (Å²) in [5.41, 5.74) is 0.529. The summed E-state index contributed by atoms with van der Waals surface area (Å²) in [5.74, 6) is 0.863. The van der Waals surface area contributed by atoms with Gasteiger partial charge in [0.2, 0.25) is 0 Å². The molecule has 0 fully saturated rings. The molecule has 0 spiro atoms. The fraction of sp³-hybridized carbons (Fsp3) is 0.583. The molecular weight excluding hydrogens is 206 g/mol. The number of aliphatic hydroxyl groups excluding tert-OH is 1. The third-order valence-electron chi connectivity index (χ3n) is 2.55. The van der Waals surface area contributed by atoms with Crippen molar-refractivity contribution < 1.29 is 14.3 Å². The Labute approximate surface area is 95.7 Å². The maximum absolute atomic E-state index is 11.8. The Kier molecular flexibility index (Phi) is 4.55. The molecule has 0 aliphatic carbocycles. The van der Waals surface area contributed by atoms with Crippen LogP contribution < -0.4 is 5.32 Å². The van der Waals surface area contributed by atoms with E-state index >= 15 is 0 Å². The van der Waals surface area contributed by atoms with E-state index in [-0.39, 0.29) is 18.6 Å². The van der Waals surface area contributed by atoms with Crippen molar-refractivity contribution >= 4 is 5.91 Å². The van der Waals surface area contributed by atoms with Gasteiger partial charge in [0.1, 0.15) is 12.0 Å². The lowest BCUT2D eigenvalue weighted by molar-refractivity contribution is 0.0916. The number of amides is 1. The lowest BCUT2D eigenvalue weighted by Crippen LogP contribution is -2.39. The summed E-state index contributed by atoms with van der Waals surface area (Å²) in [6.07, 6.45) is 2.02. The summed E-state index contributed by atoms with van der Waals surface area (Å²) in [4.78, 5) is 11.8. The van der Waals surface area contributed by atoms with Gasteiger partial charge in [-0.05, 0) is 25.3 Å². The first-order valence-electron chi connectivity index (χ1n) is 5.51. The van der Waals surface area contributed by atoms with Crippen LogP contribution in [0.2, 0.25) is 0 Å². The van der Waals surface area contributed by atoms with Crippen LogP contribution in [-0.4, -0.2) is 23.7 Å². The van der Waals surface area contributed by atoms with E-state index in [9.17, 15) is 4.79 Å². The predicted octanol–water partition coefficient (Wildman–Crippen LogP) is 1.72. The van der Waals surface area contributed by atoms with Gasteiger partial charge in [0.25, 0.3) is 5.91 Å². The second-order valence-electron chi connectivity index (χ2n) is 4.28. The number of nitrogens with one attached hydrogen (secondary N) is 1. The average molecular weight is 225 g/mol. The van der Waals surface area contributed by atoms with Crippen molar-refractivity contribution in [1.29, 1.82) is 0 Å². The van der Waals surface area contributed by atoms with Crippen molar-refractivity contribution in [2.45, 2.75) is 33.2 Å². The summed E-state index contributed by atoms with van der Waals surface area (Å²) in [6.45, 7) is 5.90. The minimum Gasteiger partial charge on any atom is -0.469 e. The Morgan fingerprint density at radius 2 is 2.25 bits per heavy atom. The number of aliphatic hydroxyl groups is 1. The summed E-state index contributed by atoms with van der Waals surface area (Å²) < 4.78 is 5.08. The van der Waals surface area contributed by atoms with E-state index in [1.807, 2.05) is 13.8 Å². The van der Waals surface area contributed by atoms with Crippen LogP contribution in [0.4, 0.5) is 0 Å². The summed E-state index contributed by atoms with van der Waals surface area (Å²) in [7, 11) is 0. The molecule has 16 heavy (non-hydrogen) atoms. The fourth-order valence-electron chi connectivity index (χ4n) is 1.53. The van der Waals surface area contributed by atoms with Crippen LogP contribution in [0.25, 0.3) is 0 Å². The molecule has 0 aliphatic rings. The van der Waals surface area contributed by atoms with Crippen molar-refractivity contribution in [3.8, 4) is 0 Å². The highest BCUT2D eigenvalue weighted by molar-refractivity contribution is 5.94. The molecule has 4 nitrogen and oxygen atoms in total. The number of hydrogen-bond donors (Lipinski definition) is 2. The van der Waals surface area contributed by atoms with Gasteiger partial charge >= 0.3 is 0 Å². The van der Waals surface area contributed by atoms with E-state index in [1.54, 1.807) is 13.0 Å². The van der Waals surface area contributed by atoms with E-state index in [0.717, 1.165) is 0 Å². The minimum atomic E-state index is -0.149. The molecule has 1 aromatic heterocycles. The van der Waals surface area contributed by atoms with Crippen molar-refractivity contribution in [2.75, 3.05) is 6.61 Å². The van der Waals surface area contributed by atoms with Crippen LogP contribution in [0.15, 0.2) is 16.7 Å². The third kappa shape index (κ3) is 3.38. The van der Waals surface area contributed by atoms with Crippen molar-refractivity contribution in [3.63, 3.8) is 0 Å². The fourth-order valence-corrected chi connectivity index (χ4v) is 1.53. The maximum atomic E-state index is 11.8. The molecule has 1 heterocycles. The molecular formula is C12H19NO3. The quantitative estimate of drug-likeness (QED) is 0.802. The molecule has 2 N–H and O–H groups in total. The molecule has 1 aromatic rings. The minimum absolute atomic E-state index is 0.00675. The number of carbonyl (C=O) groups is 1. The first kappa shape index (κ1) is 12.8. The van der Waals surface area contributed by atoms with E-state index in [2.05, 4.69) is 5.32 Å². The van der Waals surface area contributed by atoms with Crippen LogP contribution in [0.1, 0.15) is 36.4 Å². The van der Waals surface area contributed by atoms with Gasteiger partial charge in [-0.3, -0.25) is 4.79 Å². The maximum Gasteiger partial charge on any atom is 0.254 e. The van der Waals surface area contributed by atoms with Crippen molar-refractivity contribution in [1.82, 2.24) is 5.32 Å². The number of furan rings is 1. The van der Waals surface area contributed by atoms with Gasteiger partial charge in [-0.1, -0.05) is 13.8 Å². The summed E-state index contributed by atoms with van der Waals surface area (Å²) in [5, 5.41) is 11.8. The normalized spacial score (nSPS) is 12.8. The summed E-state index contributed by atoms with van der Waals surface area (Å²) in [6, 6.07) is 1.69. The highest BCUT2D eigenvalue weighted by atomic mass is 16.3. The molecule has 1 atom stereocenters. The van der Waals surface area contributed by atoms with Crippen LogP contribution in [0.5, 0.6) is 0 Å². The Morgan fingerprint density at radius 3 is 2.69 bits per heavy atom. The van der Waals surface area contributed by atoms with Gasteiger partial charge in [0.05, 0.1) is 5.56 Å². The summed E-state index contributed by atoms with van der Waals surface area (Å²) >= 11 is 0.